The maximum atomic E-state index is 13.3. The largest absolute Gasteiger partial charge is 0.382 e. The molecular weight excluding hydrogens is 315 g/mol. The SMILES string of the molecule is CNSc1ccc(Nc2cccc(F)c2)c(/C(N)=N/N(C)N)c1. The molecule has 0 spiro atoms. The Hall–Kier alpha value is -2.29. The average molecular weight is 334 g/mol. The number of amidine groups is 1. The van der Waals surface area contributed by atoms with Crippen LogP contribution in [-0.4, -0.2) is 25.0 Å². The fourth-order valence-electron chi connectivity index (χ4n) is 1.97. The van der Waals surface area contributed by atoms with Crippen molar-refractivity contribution in [3.8, 4) is 0 Å². The Morgan fingerprint density at radius 2 is 2.04 bits per heavy atom. The van der Waals surface area contributed by atoms with Gasteiger partial charge < -0.3 is 11.1 Å². The molecule has 8 heteroatoms. The van der Waals surface area contributed by atoms with Crippen LogP contribution in [0.3, 0.4) is 0 Å². The molecule has 0 saturated heterocycles. The maximum Gasteiger partial charge on any atom is 0.154 e. The third-order valence-corrected chi connectivity index (χ3v) is 3.55. The number of rotatable bonds is 6. The van der Waals surface area contributed by atoms with Crippen molar-refractivity contribution in [2.75, 3.05) is 19.4 Å². The van der Waals surface area contributed by atoms with Gasteiger partial charge in [0.15, 0.2) is 5.84 Å². The first-order valence-electron chi connectivity index (χ1n) is 6.82. The second kappa shape index (κ2) is 7.82. The molecular formula is C15H19FN6S. The third kappa shape index (κ3) is 4.85. The van der Waals surface area contributed by atoms with Crippen LogP contribution in [0.4, 0.5) is 15.8 Å². The van der Waals surface area contributed by atoms with Crippen molar-refractivity contribution in [3.63, 3.8) is 0 Å². The number of nitrogens with zero attached hydrogens (tertiary/aromatic N) is 2. The van der Waals surface area contributed by atoms with Gasteiger partial charge in [-0.25, -0.2) is 15.4 Å². The Balaban J connectivity index is 2.41. The Morgan fingerprint density at radius 1 is 1.26 bits per heavy atom. The van der Waals surface area contributed by atoms with E-state index in [-0.39, 0.29) is 11.7 Å². The molecule has 0 amide bonds. The van der Waals surface area contributed by atoms with Gasteiger partial charge in [0.1, 0.15) is 5.82 Å². The zero-order chi connectivity index (χ0) is 16.8. The van der Waals surface area contributed by atoms with E-state index in [9.17, 15) is 4.39 Å². The molecule has 122 valence electrons. The van der Waals surface area contributed by atoms with Crippen LogP contribution in [0, 0.1) is 5.82 Å². The van der Waals surface area contributed by atoms with Crippen LogP contribution < -0.4 is 21.6 Å². The van der Waals surface area contributed by atoms with Crippen molar-refractivity contribution >= 4 is 29.2 Å². The lowest BCUT2D eigenvalue weighted by Gasteiger charge is -2.14. The maximum absolute atomic E-state index is 13.3. The molecule has 6 nitrogen and oxygen atoms in total. The zero-order valence-corrected chi connectivity index (χ0v) is 13.7. The van der Waals surface area contributed by atoms with Gasteiger partial charge in [0, 0.05) is 28.9 Å². The van der Waals surface area contributed by atoms with E-state index >= 15 is 0 Å². The van der Waals surface area contributed by atoms with Gasteiger partial charge in [-0.1, -0.05) is 6.07 Å². The first kappa shape index (κ1) is 17.1. The van der Waals surface area contributed by atoms with E-state index in [1.54, 1.807) is 19.2 Å². The van der Waals surface area contributed by atoms with Gasteiger partial charge in [0.25, 0.3) is 0 Å². The number of hydrazine groups is 1. The molecule has 0 saturated carbocycles. The van der Waals surface area contributed by atoms with Gasteiger partial charge in [0.2, 0.25) is 0 Å². The molecule has 0 atom stereocenters. The number of hydrogen-bond donors (Lipinski definition) is 4. The highest BCUT2D eigenvalue weighted by atomic mass is 32.2. The highest BCUT2D eigenvalue weighted by Gasteiger charge is 2.10. The van der Waals surface area contributed by atoms with E-state index in [0.29, 0.717) is 16.9 Å². The monoisotopic (exact) mass is 334 g/mol. The van der Waals surface area contributed by atoms with E-state index in [1.165, 1.54) is 24.1 Å². The van der Waals surface area contributed by atoms with Crippen molar-refractivity contribution in [2.24, 2.45) is 16.7 Å². The molecule has 0 aliphatic carbocycles. The van der Waals surface area contributed by atoms with Crippen LogP contribution in [-0.2, 0) is 0 Å². The normalized spacial score (nSPS) is 11.4. The molecule has 0 aliphatic rings. The summed E-state index contributed by atoms with van der Waals surface area (Å²) < 4.78 is 16.3. The number of benzene rings is 2. The molecule has 2 aromatic rings. The number of nitrogens with two attached hydrogens (primary N) is 2. The van der Waals surface area contributed by atoms with Crippen molar-refractivity contribution < 1.29 is 4.39 Å². The minimum absolute atomic E-state index is 0.257. The number of nitrogens with one attached hydrogen (secondary N) is 2. The lowest BCUT2D eigenvalue weighted by molar-refractivity contribution is 0.371. The number of hydrogen-bond acceptors (Lipinski definition) is 6. The average Bonchev–Trinajstić information content (AvgIpc) is 2.48. The van der Waals surface area contributed by atoms with Gasteiger partial charge in [0.05, 0.1) is 0 Å². The molecule has 2 rings (SSSR count). The Bertz CT molecular complexity index is 704. The minimum Gasteiger partial charge on any atom is -0.382 e. The molecule has 23 heavy (non-hydrogen) atoms. The first-order valence-corrected chi connectivity index (χ1v) is 7.64. The fraction of sp³-hybridized carbons (Fsp3) is 0.133. The van der Waals surface area contributed by atoms with E-state index in [4.69, 9.17) is 11.6 Å². The van der Waals surface area contributed by atoms with E-state index in [1.807, 2.05) is 25.2 Å². The van der Waals surface area contributed by atoms with Crippen LogP contribution >= 0.6 is 11.9 Å². The minimum atomic E-state index is -0.317. The lowest BCUT2D eigenvalue weighted by Crippen LogP contribution is -2.26. The molecule has 0 radical (unpaired) electrons. The predicted octanol–water partition coefficient (Wildman–Crippen LogP) is 2.22. The summed E-state index contributed by atoms with van der Waals surface area (Å²) >= 11 is 1.45. The summed E-state index contributed by atoms with van der Waals surface area (Å²) in [7, 11) is 3.41. The third-order valence-electron chi connectivity index (χ3n) is 2.86. The van der Waals surface area contributed by atoms with Crippen LogP contribution in [0.25, 0.3) is 0 Å². The van der Waals surface area contributed by atoms with Crippen LogP contribution in [0.2, 0.25) is 0 Å². The molecule has 2 aromatic carbocycles. The number of halogens is 1. The number of hydrazone groups is 1. The summed E-state index contributed by atoms with van der Waals surface area (Å²) in [6.07, 6.45) is 0. The molecule has 0 aromatic heterocycles. The topological polar surface area (TPSA) is 91.7 Å². The van der Waals surface area contributed by atoms with Gasteiger partial charge in [-0.15, -0.1) is 5.10 Å². The summed E-state index contributed by atoms with van der Waals surface area (Å²) in [5, 5.41) is 8.32. The van der Waals surface area contributed by atoms with Crippen LogP contribution in [0.5, 0.6) is 0 Å². The molecule has 0 unspecified atom stereocenters. The highest BCUT2D eigenvalue weighted by Crippen LogP contribution is 2.26. The Kier molecular flexibility index (Phi) is 5.80. The van der Waals surface area contributed by atoms with Crippen molar-refractivity contribution in [2.45, 2.75) is 4.90 Å². The van der Waals surface area contributed by atoms with Crippen LogP contribution in [0.1, 0.15) is 5.56 Å². The van der Waals surface area contributed by atoms with Crippen molar-refractivity contribution in [1.82, 2.24) is 9.84 Å². The quantitative estimate of drug-likeness (QED) is 0.213. The molecule has 0 aliphatic heterocycles. The summed E-state index contributed by atoms with van der Waals surface area (Å²) in [6, 6.07) is 11.9. The first-order chi connectivity index (χ1) is 11.0. The molecule has 6 N–H and O–H groups in total. The van der Waals surface area contributed by atoms with Crippen LogP contribution in [0.15, 0.2) is 52.5 Å². The molecule has 0 heterocycles. The summed E-state index contributed by atoms with van der Waals surface area (Å²) in [5.41, 5.74) is 8.03. The second-order valence-corrected chi connectivity index (χ2v) is 5.79. The fourth-order valence-corrected chi connectivity index (χ4v) is 2.52. The summed E-state index contributed by atoms with van der Waals surface area (Å²) in [5.74, 6) is 5.47. The van der Waals surface area contributed by atoms with E-state index < -0.39 is 0 Å². The summed E-state index contributed by atoms with van der Waals surface area (Å²) in [6.45, 7) is 0. The Morgan fingerprint density at radius 3 is 2.70 bits per heavy atom. The van der Waals surface area contributed by atoms with Gasteiger partial charge >= 0.3 is 0 Å². The second-order valence-electron chi connectivity index (χ2n) is 4.71. The van der Waals surface area contributed by atoms with E-state index in [2.05, 4.69) is 15.1 Å². The van der Waals surface area contributed by atoms with Crippen molar-refractivity contribution in [3.05, 3.63) is 53.8 Å². The standard InChI is InChI=1S/C15H19FN6S/c1-19-23-12-6-7-14(13(9-12)15(17)21-22(2)18)20-11-5-3-4-10(16)8-11/h3-9,19-20H,18H2,1-2H3,(H2,17,21). The van der Waals surface area contributed by atoms with E-state index in [0.717, 1.165) is 10.0 Å². The zero-order valence-electron chi connectivity index (χ0n) is 12.9. The predicted molar refractivity (Wildman–Crippen MR) is 93.7 cm³/mol. The highest BCUT2D eigenvalue weighted by molar-refractivity contribution is 7.97. The lowest BCUT2D eigenvalue weighted by atomic mass is 10.1. The van der Waals surface area contributed by atoms with Gasteiger partial charge in [-0.3, -0.25) is 4.72 Å². The number of anilines is 2. The van der Waals surface area contributed by atoms with Crippen molar-refractivity contribution in [1.29, 1.82) is 0 Å². The Labute approximate surface area is 138 Å². The van der Waals surface area contributed by atoms with Gasteiger partial charge in [-0.05, 0) is 55.4 Å². The smallest absolute Gasteiger partial charge is 0.154 e. The molecule has 0 fully saturated rings. The summed E-state index contributed by atoms with van der Waals surface area (Å²) in [4.78, 5) is 0.963. The molecule has 0 bridgehead atoms. The van der Waals surface area contributed by atoms with Gasteiger partial charge in [-0.2, -0.15) is 0 Å².